The number of carbonyl (C=O) groups is 2. The van der Waals surface area contributed by atoms with Gasteiger partial charge in [0.15, 0.2) is 0 Å². The average Bonchev–Trinajstić information content (AvgIpc) is 2.89. The summed E-state index contributed by atoms with van der Waals surface area (Å²) in [7, 11) is 0. The lowest BCUT2D eigenvalue weighted by Crippen LogP contribution is -2.33. The Morgan fingerprint density at radius 1 is 1.29 bits per heavy atom. The molecule has 24 heavy (non-hydrogen) atoms. The minimum Gasteiger partial charge on any atom is -0.325 e. The van der Waals surface area contributed by atoms with Crippen LogP contribution in [-0.2, 0) is 9.59 Å². The Morgan fingerprint density at radius 3 is 2.79 bits per heavy atom. The van der Waals surface area contributed by atoms with E-state index in [0.717, 1.165) is 15.7 Å². The first kappa shape index (κ1) is 17.0. The summed E-state index contributed by atoms with van der Waals surface area (Å²) in [6, 6.07) is 12.7. The lowest BCUT2D eigenvalue weighted by molar-refractivity contribution is -0.129. The zero-order valence-electron chi connectivity index (χ0n) is 13.1. The first-order valence-electron chi connectivity index (χ1n) is 7.59. The van der Waals surface area contributed by atoms with Crippen LogP contribution in [0.15, 0.2) is 46.9 Å². The summed E-state index contributed by atoms with van der Waals surface area (Å²) in [5, 5.41) is 3.31. The van der Waals surface area contributed by atoms with Gasteiger partial charge in [0, 0.05) is 27.4 Å². The molecule has 0 radical (unpaired) electrons. The molecule has 4 nitrogen and oxygen atoms in total. The number of aryl methyl sites for hydroxylation is 1. The van der Waals surface area contributed by atoms with Gasteiger partial charge in [0.05, 0.1) is 0 Å². The monoisotopic (exact) mass is 406 g/mol. The molecule has 2 aromatic carbocycles. The highest BCUT2D eigenvalue weighted by molar-refractivity contribution is 9.10. The van der Waals surface area contributed by atoms with Gasteiger partial charge < -0.3 is 10.2 Å². The zero-order chi connectivity index (χ0) is 17.3. The van der Waals surface area contributed by atoms with E-state index in [1.54, 1.807) is 29.2 Å². The SMILES string of the molecule is Cc1cc(Br)ccc1N1CC[C@@H](C(=O)Nc2cccc(Cl)c2)C1=O. The van der Waals surface area contributed by atoms with Crippen LogP contribution in [0.2, 0.25) is 5.02 Å². The summed E-state index contributed by atoms with van der Waals surface area (Å²) in [5.74, 6) is -1.13. The fourth-order valence-corrected chi connectivity index (χ4v) is 3.55. The van der Waals surface area contributed by atoms with Crippen molar-refractivity contribution in [2.75, 3.05) is 16.8 Å². The van der Waals surface area contributed by atoms with Crippen molar-refractivity contribution in [3.63, 3.8) is 0 Å². The van der Waals surface area contributed by atoms with Crippen molar-refractivity contribution in [3.8, 4) is 0 Å². The predicted molar refractivity (Wildman–Crippen MR) is 99.4 cm³/mol. The van der Waals surface area contributed by atoms with Crippen molar-refractivity contribution in [2.45, 2.75) is 13.3 Å². The maximum absolute atomic E-state index is 12.7. The van der Waals surface area contributed by atoms with Crippen molar-refractivity contribution in [2.24, 2.45) is 5.92 Å². The molecule has 0 spiro atoms. The van der Waals surface area contributed by atoms with Gasteiger partial charge in [0.2, 0.25) is 11.8 Å². The van der Waals surface area contributed by atoms with Crippen LogP contribution in [0.1, 0.15) is 12.0 Å². The molecule has 0 unspecified atom stereocenters. The highest BCUT2D eigenvalue weighted by Gasteiger charge is 2.38. The van der Waals surface area contributed by atoms with E-state index in [0.29, 0.717) is 23.7 Å². The second-order valence-electron chi connectivity index (χ2n) is 5.76. The van der Waals surface area contributed by atoms with Crippen molar-refractivity contribution in [1.82, 2.24) is 0 Å². The van der Waals surface area contributed by atoms with Crippen molar-refractivity contribution < 1.29 is 9.59 Å². The minimum absolute atomic E-state index is 0.167. The molecule has 1 aliphatic rings. The van der Waals surface area contributed by atoms with Crippen LogP contribution < -0.4 is 10.2 Å². The molecular formula is C18H16BrClN2O2. The van der Waals surface area contributed by atoms with Crippen LogP contribution >= 0.6 is 27.5 Å². The van der Waals surface area contributed by atoms with E-state index in [-0.39, 0.29) is 11.8 Å². The van der Waals surface area contributed by atoms with Crippen LogP contribution in [0.25, 0.3) is 0 Å². The number of hydrogen-bond donors (Lipinski definition) is 1. The zero-order valence-corrected chi connectivity index (χ0v) is 15.4. The molecule has 2 aromatic rings. The van der Waals surface area contributed by atoms with Gasteiger partial charge in [-0.15, -0.1) is 0 Å². The first-order chi connectivity index (χ1) is 11.5. The van der Waals surface area contributed by atoms with E-state index in [1.165, 1.54) is 0 Å². The quantitative estimate of drug-likeness (QED) is 0.767. The van der Waals surface area contributed by atoms with Gasteiger partial charge in [-0.25, -0.2) is 0 Å². The van der Waals surface area contributed by atoms with Gasteiger partial charge in [-0.2, -0.15) is 0 Å². The van der Waals surface area contributed by atoms with Gasteiger partial charge in [-0.3, -0.25) is 9.59 Å². The molecule has 1 saturated heterocycles. The number of rotatable bonds is 3. The van der Waals surface area contributed by atoms with Gasteiger partial charge in [-0.1, -0.05) is 33.6 Å². The van der Waals surface area contributed by atoms with Gasteiger partial charge in [-0.05, 0) is 55.3 Å². The van der Waals surface area contributed by atoms with E-state index in [4.69, 9.17) is 11.6 Å². The molecule has 1 aliphatic heterocycles. The molecule has 0 bridgehead atoms. The fourth-order valence-electron chi connectivity index (χ4n) is 2.88. The molecule has 0 saturated carbocycles. The Balaban J connectivity index is 1.75. The summed E-state index contributed by atoms with van der Waals surface area (Å²) in [6.07, 6.45) is 0.501. The molecule has 1 N–H and O–H groups in total. The normalized spacial score (nSPS) is 17.2. The Hall–Kier alpha value is -1.85. The fraction of sp³-hybridized carbons (Fsp3) is 0.222. The number of amides is 2. The van der Waals surface area contributed by atoms with Crippen molar-refractivity contribution in [3.05, 3.63) is 57.5 Å². The van der Waals surface area contributed by atoms with E-state index >= 15 is 0 Å². The second kappa shape index (κ2) is 6.95. The summed E-state index contributed by atoms with van der Waals surface area (Å²) in [6.45, 7) is 2.49. The van der Waals surface area contributed by atoms with E-state index in [2.05, 4.69) is 21.2 Å². The third-order valence-corrected chi connectivity index (χ3v) is 4.79. The van der Waals surface area contributed by atoms with Crippen molar-refractivity contribution in [1.29, 1.82) is 0 Å². The highest BCUT2D eigenvalue weighted by atomic mass is 79.9. The van der Waals surface area contributed by atoms with Gasteiger partial charge in [0.1, 0.15) is 5.92 Å². The van der Waals surface area contributed by atoms with Gasteiger partial charge >= 0.3 is 0 Å². The largest absolute Gasteiger partial charge is 0.325 e. The molecule has 0 aromatic heterocycles. The molecule has 124 valence electrons. The Bertz CT molecular complexity index is 809. The Kier molecular flexibility index (Phi) is 4.92. The average molecular weight is 408 g/mol. The molecule has 1 atom stereocenters. The predicted octanol–water partition coefficient (Wildman–Crippen LogP) is 4.40. The van der Waals surface area contributed by atoms with E-state index in [9.17, 15) is 9.59 Å². The Labute approximate surface area is 153 Å². The number of hydrogen-bond acceptors (Lipinski definition) is 2. The van der Waals surface area contributed by atoms with E-state index in [1.807, 2.05) is 25.1 Å². The standard InChI is InChI=1S/C18H16BrClN2O2/c1-11-9-12(19)5-6-16(11)22-8-7-15(18(22)24)17(23)21-14-4-2-3-13(20)10-14/h2-6,9-10,15H,7-8H2,1H3,(H,21,23)/t15-/m0/s1. The van der Waals surface area contributed by atoms with Crippen LogP contribution in [0, 0.1) is 12.8 Å². The molecule has 1 heterocycles. The number of benzene rings is 2. The van der Waals surface area contributed by atoms with Gasteiger partial charge in [0.25, 0.3) is 0 Å². The minimum atomic E-state index is -0.674. The number of nitrogens with one attached hydrogen (secondary N) is 1. The number of nitrogens with zero attached hydrogens (tertiary/aromatic N) is 1. The molecule has 3 rings (SSSR count). The third kappa shape index (κ3) is 3.47. The number of carbonyl (C=O) groups excluding carboxylic acids is 2. The second-order valence-corrected chi connectivity index (χ2v) is 7.11. The molecule has 6 heteroatoms. The topological polar surface area (TPSA) is 49.4 Å². The summed E-state index contributed by atoms with van der Waals surface area (Å²) < 4.78 is 0.964. The number of anilines is 2. The van der Waals surface area contributed by atoms with Crippen LogP contribution in [-0.4, -0.2) is 18.4 Å². The maximum Gasteiger partial charge on any atom is 0.239 e. The van der Waals surface area contributed by atoms with E-state index < -0.39 is 5.92 Å². The highest BCUT2D eigenvalue weighted by Crippen LogP contribution is 2.30. The molecule has 0 aliphatic carbocycles. The summed E-state index contributed by atoms with van der Waals surface area (Å²) >= 11 is 9.34. The smallest absolute Gasteiger partial charge is 0.239 e. The number of halogens is 2. The maximum atomic E-state index is 12.7. The lowest BCUT2D eigenvalue weighted by Gasteiger charge is -2.19. The van der Waals surface area contributed by atoms with Crippen molar-refractivity contribution >= 4 is 50.7 Å². The third-order valence-electron chi connectivity index (χ3n) is 4.06. The van der Waals surface area contributed by atoms with Crippen LogP contribution in [0.5, 0.6) is 0 Å². The molecule has 2 amide bonds. The first-order valence-corrected chi connectivity index (χ1v) is 8.77. The van der Waals surface area contributed by atoms with Crippen LogP contribution in [0.4, 0.5) is 11.4 Å². The lowest BCUT2D eigenvalue weighted by atomic mass is 10.1. The summed E-state index contributed by atoms with van der Waals surface area (Å²) in [4.78, 5) is 26.8. The Morgan fingerprint density at radius 2 is 2.08 bits per heavy atom. The molecular weight excluding hydrogens is 392 g/mol. The molecule has 1 fully saturated rings. The summed E-state index contributed by atoms with van der Waals surface area (Å²) in [5.41, 5.74) is 2.44. The van der Waals surface area contributed by atoms with Crippen LogP contribution in [0.3, 0.4) is 0 Å².